The van der Waals surface area contributed by atoms with Gasteiger partial charge in [-0.05, 0) is 37.5 Å². The van der Waals surface area contributed by atoms with Crippen LogP contribution in [0.1, 0.15) is 44.3 Å². The van der Waals surface area contributed by atoms with Gasteiger partial charge >= 0.3 is 0 Å². The third-order valence-electron chi connectivity index (χ3n) is 5.72. The van der Waals surface area contributed by atoms with Crippen LogP contribution in [-0.2, 0) is 27.7 Å². The fourth-order valence-electron chi connectivity index (χ4n) is 3.96. The maximum atomic E-state index is 13.1. The van der Waals surface area contributed by atoms with Crippen molar-refractivity contribution in [2.75, 3.05) is 49.6 Å². The van der Waals surface area contributed by atoms with Crippen LogP contribution >= 0.6 is 0 Å². The molecule has 0 spiro atoms. The highest BCUT2D eigenvalue weighted by Crippen LogP contribution is 2.32. The predicted molar refractivity (Wildman–Crippen MR) is 118 cm³/mol. The van der Waals surface area contributed by atoms with Crippen LogP contribution in [0.15, 0.2) is 27.6 Å². The van der Waals surface area contributed by atoms with Crippen LogP contribution in [0.3, 0.4) is 0 Å². The van der Waals surface area contributed by atoms with Gasteiger partial charge in [0.1, 0.15) is 0 Å². The molecule has 0 radical (unpaired) electrons. The van der Waals surface area contributed by atoms with Gasteiger partial charge in [0.15, 0.2) is 5.82 Å². The zero-order chi connectivity index (χ0) is 21.7. The average molecular weight is 450 g/mol. The molecule has 3 heterocycles. The number of hydrogen-bond acceptors (Lipinski definition) is 8. The quantitative estimate of drug-likeness (QED) is 0.624. The Kier molecular flexibility index (Phi) is 7.09. The molecule has 170 valence electrons. The molecule has 9 nitrogen and oxygen atoms in total. The van der Waals surface area contributed by atoms with Crippen LogP contribution in [-0.4, -0.2) is 62.3 Å². The molecule has 31 heavy (non-hydrogen) atoms. The minimum Gasteiger partial charge on any atom is -0.379 e. The molecule has 0 saturated carbocycles. The minimum absolute atomic E-state index is 0.286. The number of morpholine rings is 1. The molecule has 0 unspecified atom stereocenters. The summed E-state index contributed by atoms with van der Waals surface area (Å²) in [5.41, 5.74) is 1.77. The van der Waals surface area contributed by atoms with Gasteiger partial charge in [-0.1, -0.05) is 18.5 Å². The molecule has 0 atom stereocenters. The predicted octanol–water partition coefficient (Wildman–Crippen LogP) is 2.65. The molecular weight excluding hydrogens is 418 g/mol. The van der Waals surface area contributed by atoms with Crippen molar-refractivity contribution < 1.29 is 17.7 Å². The van der Waals surface area contributed by atoms with Gasteiger partial charge in [-0.2, -0.15) is 9.29 Å². The molecule has 2 aromatic rings. The summed E-state index contributed by atoms with van der Waals surface area (Å²) in [6.45, 7) is 6.00. The smallest absolute Gasteiger partial charge is 0.245 e. The molecule has 0 aliphatic carbocycles. The van der Waals surface area contributed by atoms with E-state index in [1.807, 2.05) is 6.07 Å². The van der Waals surface area contributed by atoms with Crippen molar-refractivity contribution in [2.45, 2.75) is 50.5 Å². The highest BCUT2D eigenvalue weighted by Gasteiger charge is 2.28. The van der Waals surface area contributed by atoms with E-state index in [2.05, 4.69) is 27.3 Å². The monoisotopic (exact) mass is 449 g/mol. The van der Waals surface area contributed by atoms with E-state index < -0.39 is 10.0 Å². The fraction of sp³-hybridized carbons (Fsp3) is 0.619. The second-order valence-corrected chi connectivity index (χ2v) is 9.89. The third-order valence-corrected chi connectivity index (χ3v) is 7.61. The first kappa shape index (κ1) is 22.0. The molecule has 2 aliphatic heterocycles. The van der Waals surface area contributed by atoms with Crippen molar-refractivity contribution in [1.82, 2.24) is 14.4 Å². The van der Waals surface area contributed by atoms with Gasteiger partial charge in [0.2, 0.25) is 15.9 Å². The Labute approximate surface area is 183 Å². The number of nitrogens with one attached hydrogen (secondary N) is 1. The SMILES string of the molecule is CCCCc1noc(CNc2cc(S(=O)(=O)N3CCOCC3)ccc2N2CCCC2)n1. The molecule has 10 heteroatoms. The second-order valence-electron chi connectivity index (χ2n) is 7.95. The lowest BCUT2D eigenvalue weighted by atomic mass is 10.2. The third kappa shape index (κ3) is 5.19. The summed E-state index contributed by atoms with van der Waals surface area (Å²) >= 11 is 0. The summed E-state index contributed by atoms with van der Waals surface area (Å²) in [5, 5.41) is 7.38. The number of ether oxygens (including phenoxy) is 1. The largest absolute Gasteiger partial charge is 0.379 e. The number of nitrogens with zero attached hydrogens (tertiary/aromatic N) is 4. The maximum absolute atomic E-state index is 13.1. The van der Waals surface area contributed by atoms with Gasteiger partial charge in [-0.25, -0.2) is 8.42 Å². The molecule has 0 amide bonds. The molecule has 1 aromatic heterocycles. The molecule has 1 aromatic carbocycles. The van der Waals surface area contributed by atoms with Crippen LogP contribution in [0, 0.1) is 0 Å². The van der Waals surface area contributed by atoms with Crippen LogP contribution in [0.5, 0.6) is 0 Å². The lowest BCUT2D eigenvalue weighted by Gasteiger charge is -2.27. The van der Waals surface area contributed by atoms with Crippen molar-refractivity contribution >= 4 is 21.4 Å². The number of aryl methyl sites for hydroxylation is 1. The van der Waals surface area contributed by atoms with Crippen molar-refractivity contribution in [3.05, 3.63) is 29.9 Å². The number of rotatable bonds is 9. The Morgan fingerprint density at radius 1 is 1.13 bits per heavy atom. The zero-order valence-electron chi connectivity index (χ0n) is 18.0. The first-order chi connectivity index (χ1) is 15.1. The van der Waals surface area contributed by atoms with Gasteiger partial charge in [0.05, 0.1) is 36.0 Å². The van der Waals surface area contributed by atoms with E-state index >= 15 is 0 Å². The molecule has 0 bridgehead atoms. The van der Waals surface area contributed by atoms with E-state index in [1.165, 1.54) is 4.31 Å². The number of anilines is 2. The van der Waals surface area contributed by atoms with E-state index in [0.717, 1.165) is 56.6 Å². The number of aromatic nitrogens is 2. The van der Waals surface area contributed by atoms with E-state index in [-0.39, 0.29) is 4.90 Å². The van der Waals surface area contributed by atoms with Gasteiger partial charge in [-0.15, -0.1) is 0 Å². The lowest BCUT2D eigenvalue weighted by molar-refractivity contribution is 0.0730. The Bertz CT molecular complexity index is 966. The maximum Gasteiger partial charge on any atom is 0.245 e. The van der Waals surface area contributed by atoms with Crippen molar-refractivity contribution in [1.29, 1.82) is 0 Å². The van der Waals surface area contributed by atoms with E-state index in [4.69, 9.17) is 9.26 Å². The van der Waals surface area contributed by atoms with Crippen LogP contribution in [0.4, 0.5) is 11.4 Å². The van der Waals surface area contributed by atoms with Gasteiger partial charge in [-0.3, -0.25) is 0 Å². The summed E-state index contributed by atoms with van der Waals surface area (Å²) in [5.74, 6) is 1.21. The van der Waals surface area contributed by atoms with Gasteiger partial charge in [0.25, 0.3) is 0 Å². The molecular formula is C21H31N5O4S. The number of hydrogen-bond donors (Lipinski definition) is 1. The van der Waals surface area contributed by atoms with E-state index in [1.54, 1.807) is 12.1 Å². The normalized spacial score (nSPS) is 17.9. The number of sulfonamides is 1. The van der Waals surface area contributed by atoms with E-state index in [0.29, 0.717) is 44.6 Å². The number of benzene rings is 1. The van der Waals surface area contributed by atoms with Gasteiger partial charge in [0, 0.05) is 32.6 Å². The molecule has 2 saturated heterocycles. The standard InChI is InChI=1S/C21H31N5O4S/c1-2-3-6-20-23-21(30-24-20)16-22-18-15-17(7-8-19(18)25-9-4-5-10-25)31(27,28)26-11-13-29-14-12-26/h7-8,15,22H,2-6,9-14,16H2,1H3. The highest BCUT2D eigenvalue weighted by molar-refractivity contribution is 7.89. The van der Waals surface area contributed by atoms with Crippen LogP contribution in [0.2, 0.25) is 0 Å². The summed E-state index contributed by atoms with van der Waals surface area (Å²) in [7, 11) is -3.57. The molecule has 2 aliphatic rings. The minimum atomic E-state index is -3.57. The molecule has 2 fully saturated rings. The Balaban J connectivity index is 1.56. The first-order valence-corrected chi connectivity index (χ1v) is 12.5. The Morgan fingerprint density at radius 3 is 2.65 bits per heavy atom. The average Bonchev–Trinajstić information content (AvgIpc) is 3.49. The summed E-state index contributed by atoms with van der Waals surface area (Å²) in [6, 6.07) is 5.34. The Morgan fingerprint density at radius 2 is 1.90 bits per heavy atom. The topological polar surface area (TPSA) is 101 Å². The Hall–Kier alpha value is -2.17. The van der Waals surface area contributed by atoms with Crippen molar-refractivity contribution in [2.24, 2.45) is 0 Å². The lowest BCUT2D eigenvalue weighted by Crippen LogP contribution is -2.40. The summed E-state index contributed by atoms with van der Waals surface area (Å²) in [6.07, 6.45) is 5.17. The van der Waals surface area contributed by atoms with Crippen molar-refractivity contribution in [3.63, 3.8) is 0 Å². The van der Waals surface area contributed by atoms with Crippen molar-refractivity contribution in [3.8, 4) is 0 Å². The van der Waals surface area contributed by atoms with Crippen LogP contribution in [0.25, 0.3) is 0 Å². The van der Waals surface area contributed by atoms with Crippen LogP contribution < -0.4 is 10.2 Å². The summed E-state index contributed by atoms with van der Waals surface area (Å²) in [4.78, 5) is 7.01. The molecule has 4 rings (SSSR count). The highest BCUT2D eigenvalue weighted by atomic mass is 32.2. The fourth-order valence-corrected chi connectivity index (χ4v) is 5.39. The van der Waals surface area contributed by atoms with E-state index in [9.17, 15) is 8.42 Å². The second kappa shape index (κ2) is 9.97. The zero-order valence-corrected chi connectivity index (χ0v) is 18.9. The summed E-state index contributed by atoms with van der Waals surface area (Å²) < 4.78 is 38.4. The number of unbranched alkanes of at least 4 members (excludes halogenated alkanes) is 1. The first-order valence-electron chi connectivity index (χ1n) is 11.1. The van der Waals surface area contributed by atoms with Gasteiger partial charge < -0.3 is 19.5 Å². The molecule has 1 N–H and O–H groups in total.